The molecule has 0 atom stereocenters. The van der Waals surface area contributed by atoms with Crippen LogP contribution in [0.15, 0.2) is 42.6 Å². The molecule has 0 amide bonds. The third-order valence-electron chi connectivity index (χ3n) is 3.40. The average Bonchev–Trinajstić information content (AvgIpc) is 3.20. The standard InChI is InChI=1S/C15H11ClN2/c16-13-3-1-2-11(8-13)14-5-4-12(9-18-14)15(10-17)6-7-15/h1-5,8-9H,6-7H2. The van der Waals surface area contributed by atoms with Crippen molar-refractivity contribution < 1.29 is 0 Å². The molecule has 1 aromatic heterocycles. The summed E-state index contributed by atoms with van der Waals surface area (Å²) in [5.41, 5.74) is 2.64. The molecule has 3 heteroatoms. The number of aromatic nitrogens is 1. The highest BCUT2D eigenvalue weighted by atomic mass is 35.5. The molecule has 0 saturated heterocycles. The van der Waals surface area contributed by atoms with Crippen molar-refractivity contribution in [2.45, 2.75) is 18.3 Å². The molecule has 1 aliphatic carbocycles. The van der Waals surface area contributed by atoms with Crippen molar-refractivity contribution >= 4 is 11.6 Å². The number of benzene rings is 1. The lowest BCUT2D eigenvalue weighted by atomic mass is 9.99. The third kappa shape index (κ3) is 1.87. The van der Waals surface area contributed by atoms with E-state index >= 15 is 0 Å². The van der Waals surface area contributed by atoms with Crippen LogP contribution in [0.4, 0.5) is 0 Å². The summed E-state index contributed by atoms with van der Waals surface area (Å²) in [6.07, 6.45) is 3.70. The Morgan fingerprint density at radius 2 is 2.06 bits per heavy atom. The van der Waals surface area contributed by atoms with Crippen LogP contribution >= 0.6 is 11.6 Å². The van der Waals surface area contributed by atoms with E-state index in [0.29, 0.717) is 5.02 Å². The van der Waals surface area contributed by atoms with Gasteiger partial charge in [0.25, 0.3) is 0 Å². The van der Waals surface area contributed by atoms with Gasteiger partial charge in [-0.15, -0.1) is 0 Å². The van der Waals surface area contributed by atoms with Crippen molar-refractivity contribution in [1.29, 1.82) is 5.26 Å². The van der Waals surface area contributed by atoms with Gasteiger partial charge in [0.2, 0.25) is 0 Å². The number of nitrogens with zero attached hydrogens (tertiary/aromatic N) is 2. The van der Waals surface area contributed by atoms with Crippen LogP contribution in [0.3, 0.4) is 0 Å². The van der Waals surface area contributed by atoms with Crippen molar-refractivity contribution in [1.82, 2.24) is 4.98 Å². The Bertz CT molecular complexity index is 622. The molecule has 0 spiro atoms. The number of halogens is 1. The van der Waals surface area contributed by atoms with Crippen LogP contribution < -0.4 is 0 Å². The number of nitriles is 1. The van der Waals surface area contributed by atoms with Crippen LogP contribution in [0.1, 0.15) is 18.4 Å². The quantitative estimate of drug-likeness (QED) is 0.813. The van der Waals surface area contributed by atoms with E-state index in [-0.39, 0.29) is 5.41 Å². The van der Waals surface area contributed by atoms with Crippen molar-refractivity contribution in [3.8, 4) is 17.3 Å². The number of hydrogen-bond donors (Lipinski definition) is 0. The molecule has 0 radical (unpaired) electrons. The van der Waals surface area contributed by atoms with Gasteiger partial charge in [0.05, 0.1) is 17.2 Å². The summed E-state index contributed by atoms with van der Waals surface area (Å²) < 4.78 is 0. The van der Waals surface area contributed by atoms with E-state index in [2.05, 4.69) is 11.1 Å². The Kier molecular flexibility index (Phi) is 2.57. The van der Waals surface area contributed by atoms with Crippen LogP contribution in [-0.2, 0) is 5.41 Å². The van der Waals surface area contributed by atoms with Crippen LogP contribution in [0, 0.1) is 11.3 Å². The monoisotopic (exact) mass is 254 g/mol. The minimum Gasteiger partial charge on any atom is -0.256 e. The minimum absolute atomic E-state index is 0.264. The summed E-state index contributed by atoms with van der Waals surface area (Å²) in [6.45, 7) is 0. The molecule has 0 unspecified atom stereocenters. The zero-order valence-corrected chi connectivity index (χ0v) is 10.5. The first kappa shape index (κ1) is 11.3. The van der Waals surface area contributed by atoms with Crippen molar-refractivity contribution in [2.24, 2.45) is 0 Å². The molecule has 1 heterocycles. The van der Waals surface area contributed by atoms with Crippen LogP contribution in [0.5, 0.6) is 0 Å². The van der Waals surface area contributed by atoms with Gasteiger partial charge in [-0.25, -0.2) is 0 Å². The second-order valence-corrected chi connectivity index (χ2v) is 5.07. The van der Waals surface area contributed by atoms with Crippen LogP contribution in [0.2, 0.25) is 5.02 Å². The summed E-state index contributed by atoms with van der Waals surface area (Å²) >= 11 is 5.96. The lowest BCUT2D eigenvalue weighted by molar-refractivity contribution is 0.898. The number of rotatable bonds is 2. The lowest BCUT2D eigenvalue weighted by Crippen LogP contribution is -2.02. The summed E-state index contributed by atoms with van der Waals surface area (Å²) in [5, 5.41) is 9.84. The summed E-state index contributed by atoms with van der Waals surface area (Å²) in [7, 11) is 0. The largest absolute Gasteiger partial charge is 0.256 e. The zero-order valence-electron chi connectivity index (χ0n) is 9.73. The van der Waals surface area contributed by atoms with E-state index in [1.54, 1.807) is 0 Å². The highest BCUT2D eigenvalue weighted by Crippen LogP contribution is 2.47. The minimum atomic E-state index is -0.264. The molecule has 1 aromatic carbocycles. The fourth-order valence-electron chi connectivity index (χ4n) is 2.09. The normalized spacial score (nSPS) is 16.0. The fraction of sp³-hybridized carbons (Fsp3) is 0.200. The second-order valence-electron chi connectivity index (χ2n) is 4.64. The average molecular weight is 255 g/mol. The predicted molar refractivity (Wildman–Crippen MR) is 71.2 cm³/mol. The first-order chi connectivity index (χ1) is 8.73. The SMILES string of the molecule is N#CC1(c2ccc(-c3cccc(Cl)c3)nc2)CC1. The van der Waals surface area contributed by atoms with Crippen LogP contribution in [0.25, 0.3) is 11.3 Å². The highest BCUT2D eigenvalue weighted by Gasteiger charge is 2.45. The van der Waals surface area contributed by atoms with Gasteiger partial charge in [-0.1, -0.05) is 29.8 Å². The van der Waals surface area contributed by atoms with E-state index in [1.807, 2.05) is 42.6 Å². The van der Waals surface area contributed by atoms with E-state index in [9.17, 15) is 0 Å². The van der Waals surface area contributed by atoms with E-state index in [1.165, 1.54) is 0 Å². The molecule has 2 aromatic rings. The molecule has 0 aliphatic heterocycles. The van der Waals surface area contributed by atoms with Gasteiger partial charge in [0.1, 0.15) is 0 Å². The maximum Gasteiger partial charge on any atom is 0.0838 e. The van der Waals surface area contributed by atoms with Crippen molar-refractivity contribution in [3.63, 3.8) is 0 Å². The molecule has 0 N–H and O–H groups in total. The van der Waals surface area contributed by atoms with Gasteiger partial charge in [0.15, 0.2) is 0 Å². The molecular weight excluding hydrogens is 244 g/mol. The van der Waals surface area contributed by atoms with Gasteiger partial charge in [-0.3, -0.25) is 4.98 Å². The van der Waals surface area contributed by atoms with Gasteiger partial charge in [0, 0.05) is 16.8 Å². The molecule has 88 valence electrons. The molecule has 2 nitrogen and oxygen atoms in total. The summed E-state index contributed by atoms with van der Waals surface area (Å²) in [5.74, 6) is 0. The lowest BCUT2D eigenvalue weighted by Gasteiger charge is -2.07. The predicted octanol–water partition coefficient (Wildman–Crippen LogP) is 3.96. The Morgan fingerprint density at radius 1 is 1.22 bits per heavy atom. The zero-order chi connectivity index (χ0) is 12.6. The van der Waals surface area contributed by atoms with Gasteiger partial charge >= 0.3 is 0 Å². The molecular formula is C15H11ClN2. The van der Waals surface area contributed by atoms with Gasteiger partial charge in [-0.2, -0.15) is 5.26 Å². The highest BCUT2D eigenvalue weighted by molar-refractivity contribution is 6.30. The van der Waals surface area contributed by atoms with Gasteiger partial charge in [-0.05, 0) is 36.6 Å². The maximum atomic E-state index is 9.14. The maximum absolute atomic E-state index is 9.14. The first-order valence-corrected chi connectivity index (χ1v) is 6.25. The first-order valence-electron chi connectivity index (χ1n) is 5.87. The molecule has 0 bridgehead atoms. The molecule has 3 rings (SSSR count). The van der Waals surface area contributed by atoms with E-state index in [0.717, 1.165) is 29.7 Å². The number of pyridine rings is 1. The van der Waals surface area contributed by atoms with Crippen LogP contribution in [-0.4, -0.2) is 4.98 Å². The number of hydrogen-bond acceptors (Lipinski definition) is 2. The second kappa shape index (κ2) is 4.12. The topological polar surface area (TPSA) is 36.7 Å². The van der Waals surface area contributed by atoms with Gasteiger partial charge < -0.3 is 0 Å². The van der Waals surface area contributed by atoms with E-state index < -0.39 is 0 Å². The Morgan fingerprint density at radius 3 is 2.61 bits per heavy atom. The molecule has 1 fully saturated rings. The Balaban J connectivity index is 1.95. The molecule has 1 aliphatic rings. The molecule has 18 heavy (non-hydrogen) atoms. The summed E-state index contributed by atoms with van der Waals surface area (Å²) in [6, 6.07) is 13.9. The fourth-order valence-corrected chi connectivity index (χ4v) is 2.28. The van der Waals surface area contributed by atoms with E-state index in [4.69, 9.17) is 16.9 Å². The van der Waals surface area contributed by atoms with Crippen molar-refractivity contribution in [3.05, 3.63) is 53.2 Å². The van der Waals surface area contributed by atoms with Crippen molar-refractivity contribution in [2.75, 3.05) is 0 Å². The third-order valence-corrected chi connectivity index (χ3v) is 3.64. The summed E-state index contributed by atoms with van der Waals surface area (Å²) in [4.78, 5) is 4.43. The molecule has 1 saturated carbocycles. The Labute approximate surface area is 111 Å². The Hall–Kier alpha value is -1.85. The smallest absolute Gasteiger partial charge is 0.0838 e.